The molecule has 0 radical (unpaired) electrons. The number of anilines is 1. The molecule has 3 N–H and O–H groups in total. The van der Waals surface area contributed by atoms with E-state index in [0.717, 1.165) is 12.8 Å². The van der Waals surface area contributed by atoms with Crippen molar-refractivity contribution in [1.82, 2.24) is 0 Å². The van der Waals surface area contributed by atoms with E-state index in [1.807, 2.05) is 13.8 Å². The zero-order valence-electron chi connectivity index (χ0n) is 11.8. The van der Waals surface area contributed by atoms with E-state index in [0.29, 0.717) is 5.69 Å². The topological polar surface area (TPSA) is 98.5 Å². The summed E-state index contributed by atoms with van der Waals surface area (Å²) < 4.78 is 27.7. The molecule has 0 saturated heterocycles. The van der Waals surface area contributed by atoms with Crippen molar-refractivity contribution in [2.45, 2.75) is 31.6 Å². The van der Waals surface area contributed by atoms with Crippen LogP contribution in [-0.2, 0) is 14.8 Å². The maximum atomic E-state index is 11.9. The van der Waals surface area contributed by atoms with Gasteiger partial charge >= 0.3 is 0 Å². The fourth-order valence-electron chi connectivity index (χ4n) is 1.81. The molecule has 0 aromatic heterocycles. The van der Waals surface area contributed by atoms with Crippen molar-refractivity contribution < 1.29 is 17.9 Å². The molecular weight excluding hydrogens is 280 g/mol. The molecule has 0 bridgehead atoms. The molecule has 1 aromatic carbocycles. The third-order valence-electron chi connectivity index (χ3n) is 2.91. The molecule has 20 heavy (non-hydrogen) atoms. The Labute approximate surface area is 119 Å². The largest absolute Gasteiger partial charge is 0.495 e. The lowest BCUT2D eigenvalue weighted by Gasteiger charge is -2.13. The fraction of sp³-hybridized carbons (Fsp3) is 0.462. The minimum atomic E-state index is -3.85. The van der Waals surface area contributed by atoms with Crippen LogP contribution in [0.5, 0.6) is 5.75 Å². The second-order valence-corrected chi connectivity index (χ2v) is 6.12. The lowest BCUT2D eigenvalue weighted by molar-refractivity contribution is -0.119. The maximum absolute atomic E-state index is 11.9. The summed E-state index contributed by atoms with van der Waals surface area (Å²) >= 11 is 0. The van der Waals surface area contributed by atoms with Crippen molar-refractivity contribution in [1.29, 1.82) is 0 Å². The third-order valence-corrected chi connectivity index (χ3v) is 3.86. The molecule has 1 aromatic rings. The first kappa shape index (κ1) is 16.5. The number of rotatable bonds is 6. The van der Waals surface area contributed by atoms with Gasteiger partial charge in [0, 0.05) is 17.7 Å². The molecule has 0 fully saturated rings. The lowest BCUT2D eigenvalue weighted by atomic mass is 10.1. The first-order valence-corrected chi connectivity index (χ1v) is 7.86. The van der Waals surface area contributed by atoms with Crippen LogP contribution in [0.3, 0.4) is 0 Å². The van der Waals surface area contributed by atoms with Gasteiger partial charge in [0.05, 0.1) is 7.11 Å². The van der Waals surface area contributed by atoms with Crippen LogP contribution in [0, 0.1) is 5.92 Å². The molecule has 1 amide bonds. The molecule has 1 atom stereocenters. The van der Waals surface area contributed by atoms with Crippen molar-refractivity contribution in [3.63, 3.8) is 0 Å². The number of sulfonamides is 1. The van der Waals surface area contributed by atoms with E-state index in [4.69, 9.17) is 9.88 Å². The van der Waals surface area contributed by atoms with Crippen LogP contribution in [0.15, 0.2) is 23.1 Å². The summed E-state index contributed by atoms with van der Waals surface area (Å²) in [5, 5.41) is 7.80. The number of ether oxygens (including phenoxy) is 1. The lowest BCUT2D eigenvalue weighted by Crippen LogP contribution is -2.20. The van der Waals surface area contributed by atoms with Crippen LogP contribution in [0.1, 0.15) is 26.7 Å². The van der Waals surface area contributed by atoms with E-state index in [1.165, 1.54) is 25.3 Å². The molecule has 112 valence electrons. The quantitative estimate of drug-likeness (QED) is 0.835. The smallest absolute Gasteiger partial charge is 0.241 e. The summed E-state index contributed by atoms with van der Waals surface area (Å²) in [6.45, 7) is 3.85. The van der Waals surface area contributed by atoms with Gasteiger partial charge in [-0.1, -0.05) is 20.3 Å². The Morgan fingerprint density at radius 3 is 2.60 bits per heavy atom. The van der Waals surface area contributed by atoms with E-state index < -0.39 is 10.0 Å². The highest BCUT2D eigenvalue weighted by Crippen LogP contribution is 2.26. The summed E-state index contributed by atoms with van der Waals surface area (Å²) in [4.78, 5) is 11.8. The predicted octanol–water partition coefficient (Wildman–Crippen LogP) is 1.72. The molecule has 7 heteroatoms. The number of nitrogens with one attached hydrogen (secondary N) is 1. The van der Waals surface area contributed by atoms with Gasteiger partial charge in [0.25, 0.3) is 0 Å². The van der Waals surface area contributed by atoms with Gasteiger partial charge in [0.1, 0.15) is 10.6 Å². The Morgan fingerprint density at radius 1 is 1.45 bits per heavy atom. The molecule has 6 nitrogen and oxygen atoms in total. The molecule has 0 saturated carbocycles. The Morgan fingerprint density at radius 2 is 2.10 bits per heavy atom. The Balaban J connectivity index is 2.97. The number of carbonyl (C=O) groups is 1. The number of methoxy groups -OCH3 is 1. The molecule has 0 aliphatic carbocycles. The second kappa shape index (κ2) is 6.71. The van der Waals surface area contributed by atoms with Crippen molar-refractivity contribution in [3.05, 3.63) is 18.2 Å². The summed E-state index contributed by atoms with van der Waals surface area (Å²) in [6.07, 6.45) is 1.71. The van der Waals surface area contributed by atoms with Gasteiger partial charge in [-0.15, -0.1) is 0 Å². The van der Waals surface area contributed by atoms with Gasteiger partial charge < -0.3 is 10.1 Å². The van der Waals surface area contributed by atoms with Gasteiger partial charge in [0.15, 0.2) is 0 Å². The number of benzene rings is 1. The van der Waals surface area contributed by atoms with Crippen molar-refractivity contribution >= 4 is 21.6 Å². The minimum absolute atomic E-state index is 0.105. The van der Waals surface area contributed by atoms with Crippen LogP contribution in [-0.4, -0.2) is 21.4 Å². The molecule has 0 aliphatic heterocycles. The molecule has 0 spiro atoms. The van der Waals surface area contributed by atoms with Crippen LogP contribution in [0.4, 0.5) is 5.69 Å². The number of primary sulfonamides is 1. The summed E-state index contributed by atoms with van der Waals surface area (Å²) in [5.74, 6) is -0.116. The van der Waals surface area contributed by atoms with Crippen LogP contribution < -0.4 is 15.2 Å². The first-order chi connectivity index (χ1) is 9.29. The zero-order chi connectivity index (χ0) is 15.3. The average molecular weight is 300 g/mol. The van der Waals surface area contributed by atoms with Crippen LogP contribution in [0.25, 0.3) is 0 Å². The molecule has 0 heterocycles. The summed E-state index contributed by atoms with van der Waals surface area (Å²) in [7, 11) is -2.51. The molecule has 0 aliphatic rings. The number of hydrogen-bond donors (Lipinski definition) is 2. The Hall–Kier alpha value is -1.60. The highest BCUT2D eigenvalue weighted by molar-refractivity contribution is 7.89. The Kier molecular flexibility index (Phi) is 5.52. The number of nitrogens with two attached hydrogens (primary N) is 1. The van der Waals surface area contributed by atoms with E-state index in [-0.39, 0.29) is 22.5 Å². The minimum Gasteiger partial charge on any atom is -0.495 e. The molecule has 1 unspecified atom stereocenters. The van der Waals surface area contributed by atoms with Gasteiger partial charge in [-0.3, -0.25) is 4.79 Å². The monoisotopic (exact) mass is 300 g/mol. The van der Waals surface area contributed by atoms with Gasteiger partial charge in [-0.25, -0.2) is 13.6 Å². The summed E-state index contributed by atoms with van der Waals surface area (Å²) in [6, 6.07) is 4.24. The predicted molar refractivity (Wildman–Crippen MR) is 77.1 cm³/mol. The maximum Gasteiger partial charge on any atom is 0.241 e. The van der Waals surface area contributed by atoms with E-state index >= 15 is 0 Å². The fourth-order valence-corrected chi connectivity index (χ4v) is 2.49. The van der Waals surface area contributed by atoms with Crippen molar-refractivity contribution in [2.24, 2.45) is 11.1 Å². The standard InChI is InChI=1S/C13H20N2O4S/c1-4-5-9(2)13(16)15-10-6-7-12(20(14,17)18)11(8-10)19-3/h6-9H,4-5H2,1-3H3,(H,15,16)(H2,14,17,18). The SMILES string of the molecule is CCCC(C)C(=O)Nc1ccc(S(N)(=O)=O)c(OC)c1. The number of hydrogen-bond acceptors (Lipinski definition) is 4. The highest BCUT2D eigenvalue weighted by atomic mass is 32.2. The van der Waals surface area contributed by atoms with Crippen molar-refractivity contribution in [3.8, 4) is 5.75 Å². The van der Waals surface area contributed by atoms with Gasteiger partial charge in [0.2, 0.25) is 15.9 Å². The van der Waals surface area contributed by atoms with Gasteiger partial charge in [-0.2, -0.15) is 0 Å². The van der Waals surface area contributed by atoms with E-state index in [2.05, 4.69) is 5.32 Å². The molecule has 1 rings (SSSR count). The molecular formula is C13H20N2O4S. The van der Waals surface area contributed by atoms with E-state index in [9.17, 15) is 13.2 Å². The van der Waals surface area contributed by atoms with Crippen LogP contribution >= 0.6 is 0 Å². The summed E-state index contributed by atoms with van der Waals surface area (Å²) in [5.41, 5.74) is 0.474. The third kappa shape index (κ3) is 4.21. The zero-order valence-corrected chi connectivity index (χ0v) is 12.7. The van der Waals surface area contributed by atoms with Crippen molar-refractivity contribution in [2.75, 3.05) is 12.4 Å². The van der Waals surface area contributed by atoms with Gasteiger partial charge in [-0.05, 0) is 18.6 Å². The highest BCUT2D eigenvalue weighted by Gasteiger charge is 2.17. The van der Waals surface area contributed by atoms with Crippen LogP contribution in [0.2, 0.25) is 0 Å². The Bertz CT molecular complexity index is 584. The first-order valence-electron chi connectivity index (χ1n) is 6.31. The normalized spacial score (nSPS) is 12.8. The average Bonchev–Trinajstić information content (AvgIpc) is 2.37. The second-order valence-electron chi connectivity index (χ2n) is 4.59. The number of carbonyl (C=O) groups excluding carboxylic acids is 1. The van der Waals surface area contributed by atoms with E-state index in [1.54, 1.807) is 0 Å². The number of amides is 1.